The quantitative estimate of drug-likeness (QED) is 0.868. The fourth-order valence-electron chi connectivity index (χ4n) is 2.08. The Bertz CT molecular complexity index is 819. The number of para-hydroxylation sites is 1. The highest BCUT2D eigenvalue weighted by Gasteiger charge is 2.13. The number of halogens is 1. The van der Waals surface area contributed by atoms with Crippen molar-refractivity contribution in [3.05, 3.63) is 59.9 Å². The van der Waals surface area contributed by atoms with Crippen molar-refractivity contribution < 1.29 is 22.3 Å². The van der Waals surface area contributed by atoms with Crippen LogP contribution < -0.4 is 10.1 Å². The highest BCUT2D eigenvalue weighted by molar-refractivity contribution is 7.90. The molecular formula is C17H18FNO4S. The predicted molar refractivity (Wildman–Crippen MR) is 88.0 cm³/mol. The molecule has 0 aliphatic carbocycles. The Morgan fingerprint density at radius 3 is 2.38 bits per heavy atom. The van der Waals surface area contributed by atoms with E-state index in [1.807, 2.05) is 0 Å². The predicted octanol–water partition coefficient (Wildman–Crippen LogP) is 2.49. The van der Waals surface area contributed by atoms with Crippen LogP contribution in [0, 0.1) is 5.82 Å². The molecule has 0 bridgehead atoms. The van der Waals surface area contributed by atoms with Gasteiger partial charge < -0.3 is 10.1 Å². The van der Waals surface area contributed by atoms with Crippen LogP contribution >= 0.6 is 0 Å². The normalized spacial score (nSPS) is 12.5. The van der Waals surface area contributed by atoms with E-state index in [1.54, 1.807) is 25.1 Å². The molecule has 0 unspecified atom stereocenters. The lowest BCUT2D eigenvalue weighted by atomic mass is 10.1. The van der Waals surface area contributed by atoms with Crippen LogP contribution in [-0.2, 0) is 14.6 Å². The molecule has 0 aromatic heterocycles. The lowest BCUT2D eigenvalue weighted by Gasteiger charge is -2.15. The first-order valence-electron chi connectivity index (χ1n) is 7.24. The molecule has 0 fully saturated rings. The number of sulfone groups is 1. The van der Waals surface area contributed by atoms with Crippen LogP contribution in [0.1, 0.15) is 18.5 Å². The minimum Gasteiger partial charge on any atom is -0.481 e. The van der Waals surface area contributed by atoms with Crippen molar-refractivity contribution in [1.29, 1.82) is 0 Å². The van der Waals surface area contributed by atoms with E-state index in [2.05, 4.69) is 5.32 Å². The zero-order valence-electron chi connectivity index (χ0n) is 13.3. The first kappa shape index (κ1) is 17.9. The van der Waals surface area contributed by atoms with Crippen molar-refractivity contribution in [2.75, 3.05) is 12.9 Å². The molecule has 0 saturated carbocycles. The number of ether oxygens (including phenoxy) is 1. The van der Waals surface area contributed by atoms with E-state index in [4.69, 9.17) is 4.74 Å². The molecule has 2 rings (SSSR count). The van der Waals surface area contributed by atoms with Crippen molar-refractivity contribution >= 4 is 15.7 Å². The van der Waals surface area contributed by atoms with Gasteiger partial charge in [0.1, 0.15) is 0 Å². The topological polar surface area (TPSA) is 72.5 Å². The molecule has 24 heavy (non-hydrogen) atoms. The van der Waals surface area contributed by atoms with E-state index in [0.29, 0.717) is 0 Å². The molecule has 0 aliphatic rings. The lowest BCUT2D eigenvalue weighted by molar-refractivity contribution is -0.123. The van der Waals surface area contributed by atoms with Gasteiger partial charge in [0.15, 0.2) is 28.0 Å². The molecule has 0 saturated heterocycles. The summed E-state index contributed by atoms with van der Waals surface area (Å²) in [6.45, 7) is 1.45. The number of rotatable bonds is 6. The molecule has 0 radical (unpaired) electrons. The van der Waals surface area contributed by atoms with Crippen LogP contribution in [0.3, 0.4) is 0 Å². The van der Waals surface area contributed by atoms with Crippen molar-refractivity contribution in [2.24, 2.45) is 0 Å². The maximum atomic E-state index is 13.4. The van der Waals surface area contributed by atoms with Gasteiger partial charge in [0, 0.05) is 6.26 Å². The summed E-state index contributed by atoms with van der Waals surface area (Å²) in [6, 6.07) is 11.8. The Labute approximate surface area is 140 Å². The molecule has 1 N–H and O–H groups in total. The van der Waals surface area contributed by atoms with Gasteiger partial charge in [-0.1, -0.05) is 24.3 Å². The van der Waals surface area contributed by atoms with Crippen LogP contribution in [0.5, 0.6) is 5.75 Å². The Balaban J connectivity index is 1.93. The second-order valence-corrected chi connectivity index (χ2v) is 7.37. The van der Waals surface area contributed by atoms with Gasteiger partial charge in [-0.3, -0.25) is 4.79 Å². The number of hydrogen-bond acceptors (Lipinski definition) is 4. The van der Waals surface area contributed by atoms with Crippen LogP contribution in [0.2, 0.25) is 0 Å². The Morgan fingerprint density at radius 2 is 1.79 bits per heavy atom. The summed E-state index contributed by atoms with van der Waals surface area (Å²) in [5.41, 5.74) is 0.752. The van der Waals surface area contributed by atoms with E-state index < -0.39 is 21.6 Å². The van der Waals surface area contributed by atoms with Crippen LogP contribution in [0.25, 0.3) is 0 Å². The highest BCUT2D eigenvalue weighted by atomic mass is 32.2. The zero-order valence-corrected chi connectivity index (χ0v) is 14.1. The van der Waals surface area contributed by atoms with E-state index in [9.17, 15) is 17.6 Å². The van der Waals surface area contributed by atoms with E-state index >= 15 is 0 Å². The molecule has 7 heteroatoms. The molecule has 1 amide bonds. The summed E-state index contributed by atoms with van der Waals surface area (Å²) >= 11 is 0. The zero-order chi connectivity index (χ0) is 17.7. The molecule has 128 valence electrons. The van der Waals surface area contributed by atoms with Crippen LogP contribution in [0.15, 0.2) is 53.4 Å². The molecule has 1 atom stereocenters. The summed E-state index contributed by atoms with van der Waals surface area (Å²) < 4.78 is 41.4. The minimum absolute atomic E-state index is 0.0119. The van der Waals surface area contributed by atoms with Crippen molar-refractivity contribution in [3.8, 4) is 5.75 Å². The van der Waals surface area contributed by atoms with E-state index in [0.717, 1.165) is 11.8 Å². The number of amides is 1. The Hall–Kier alpha value is -2.41. The molecule has 0 spiro atoms. The summed E-state index contributed by atoms with van der Waals surface area (Å²) in [5.74, 6) is -0.925. The Kier molecular flexibility index (Phi) is 5.56. The fraction of sp³-hybridized carbons (Fsp3) is 0.235. The average molecular weight is 351 g/mol. The smallest absolute Gasteiger partial charge is 0.258 e. The van der Waals surface area contributed by atoms with E-state index in [1.165, 1.54) is 30.3 Å². The first-order chi connectivity index (χ1) is 11.3. The van der Waals surface area contributed by atoms with Gasteiger partial charge in [0.25, 0.3) is 5.91 Å². The standard InChI is InChI=1S/C17H18FNO4S/c1-12(13-7-9-14(10-8-13)24(2,21)22)19-17(20)11-23-16-6-4-3-5-15(16)18/h3-10,12H,11H2,1-2H3,(H,19,20)/t12-/m1/s1. The maximum Gasteiger partial charge on any atom is 0.258 e. The number of carbonyl (C=O) groups is 1. The summed E-state index contributed by atoms with van der Waals surface area (Å²) in [5, 5.41) is 2.71. The average Bonchev–Trinajstić information content (AvgIpc) is 2.53. The number of benzene rings is 2. The first-order valence-corrected chi connectivity index (χ1v) is 9.13. The van der Waals surface area contributed by atoms with Crippen molar-refractivity contribution in [2.45, 2.75) is 17.9 Å². The van der Waals surface area contributed by atoms with Gasteiger partial charge in [0.05, 0.1) is 10.9 Å². The molecular weight excluding hydrogens is 333 g/mol. The number of hydrogen-bond donors (Lipinski definition) is 1. The van der Waals surface area contributed by atoms with Gasteiger partial charge >= 0.3 is 0 Å². The Morgan fingerprint density at radius 1 is 1.17 bits per heavy atom. The molecule has 2 aromatic carbocycles. The van der Waals surface area contributed by atoms with Gasteiger partial charge in [-0.05, 0) is 36.8 Å². The molecule has 0 heterocycles. The fourth-order valence-corrected chi connectivity index (χ4v) is 2.71. The molecule has 2 aromatic rings. The van der Waals surface area contributed by atoms with E-state index in [-0.39, 0.29) is 23.3 Å². The van der Waals surface area contributed by atoms with Gasteiger partial charge in [-0.15, -0.1) is 0 Å². The lowest BCUT2D eigenvalue weighted by Crippen LogP contribution is -2.31. The summed E-state index contributed by atoms with van der Waals surface area (Å²) in [6.07, 6.45) is 1.13. The van der Waals surface area contributed by atoms with Crippen molar-refractivity contribution in [3.63, 3.8) is 0 Å². The largest absolute Gasteiger partial charge is 0.481 e. The van der Waals surface area contributed by atoms with Crippen LogP contribution in [-0.4, -0.2) is 27.2 Å². The van der Waals surface area contributed by atoms with Crippen molar-refractivity contribution in [1.82, 2.24) is 5.32 Å². The van der Waals surface area contributed by atoms with Gasteiger partial charge in [-0.25, -0.2) is 12.8 Å². The van der Waals surface area contributed by atoms with Gasteiger partial charge in [0.2, 0.25) is 0 Å². The third-order valence-electron chi connectivity index (χ3n) is 3.38. The van der Waals surface area contributed by atoms with Gasteiger partial charge in [-0.2, -0.15) is 0 Å². The summed E-state index contributed by atoms with van der Waals surface area (Å²) in [4.78, 5) is 12.1. The second-order valence-electron chi connectivity index (χ2n) is 5.35. The molecule has 0 aliphatic heterocycles. The van der Waals surface area contributed by atoms with Crippen LogP contribution in [0.4, 0.5) is 4.39 Å². The minimum atomic E-state index is -3.25. The SMILES string of the molecule is C[C@@H](NC(=O)COc1ccccc1F)c1ccc(S(C)(=O)=O)cc1. The summed E-state index contributed by atoms with van der Waals surface area (Å²) in [7, 11) is -3.25. The molecule has 5 nitrogen and oxygen atoms in total. The monoisotopic (exact) mass is 351 g/mol. The maximum absolute atomic E-state index is 13.4. The second kappa shape index (κ2) is 7.44. The number of nitrogens with one attached hydrogen (secondary N) is 1. The third kappa shape index (κ3) is 4.79. The highest BCUT2D eigenvalue weighted by Crippen LogP contribution is 2.17. The number of carbonyl (C=O) groups excluding carboxylic acids is 1. The third-order valence-corrected chi connectivity index (χ3v) is 4.51.